The van der Waals surface area contributed by atoms with Crippen molar-refractivity contribution in [2.75, 3.05) is 38.2 Å². The number of thiazole rings is 1. The van der Waals surface area contributed by atoms with Crippen LogP contribution in [0.2, 0.25) is 0 Å². The summed E-state index contributed by atoms with van der Waals surface area (Å²) < 4.78 is 6.40. The molecule has 1 aromatic heterocycles. The zero-order valence-corrected chi connectivity index (χ0v) is 22.0. The van der Waals surface area contributed by atoms with Crippen molar-refractivity contribution in [2.45, 2.75) is 19.8 Å². The van der Waals surface area contributed by atoms with E-state index >= 15 is 0 Å². The van der Waals surface area contributed by atoms with E-state index in [1.54, 1.807) is 7.11 Å². The molecule has 0 unspecified atom stereocenters. The standard InChI is InChI=1S/C28H31N3O2S.ClH/c1-4-30(5-2)18-19-31(28-29-24-17-16-23(33-3)20-25(24)34-28)27(32)26(21-12-8-6-9-13-21)22-14-10-7-11-15-22;/h6-17,20,26H,4-5,18-19H2,1-3H3;1H. The summed E-state index contributed by atoms with van der Waals surface area (Å²) in [6, 6.07) is 25.9. The average molecular weight is 510 g/mol. The van der Waals surface area contributed by atoms with E-state index in [-0.39, 0.29) is 18.3 Å². The van der Waals surface area contributed by atoms with Crippen LogP contribution in [0.15, 0.2) is 78.9 Å². The van der Waals surface area contributed by atoms with Gasteiger partial charge in [-0.1, -0.05) is 85.8 Å². The molecule has 0 radical (unpaired) electrons. The Hall–Kier alpha value is -2.93. The summed E-state index contributed by atoms with van der Waals surface area (Å²) in [5.41, 5.74) is 2.83. The summed E-state index contributed by atoms with van der Waals surface area (Å²) >= 11 is 1.53. The lowest BCUT2D eigenvalue weighted by Gasteiger charge is -2.28. The normalized spacial score (nSPS) is 11.0. The smallest absolute Gasteiger partial charge is 0.240 e. The van der Waals surface area contributed by atoms with Gasteiger partial charge in [-0.05, 0) is 42.4 Å². The predicted octanol–water partition coefficient (Wildman–Crippen LogP) is 6.23. The number of carbonyl (C=O) groups is 1. The molecule has 0 fully saturated rings. The van der Waals surface area contributed by atoms with Crippen molar-refractivity contribution in [2.24, 2.45) is 0 Å². The van der Waals surface area contributed by atoms with Crippen LogP contribution in [0, 0.1) is 0 Å². The highest BCUT2D eigenvalue weighted by molar-refractivity contribution is 7.22. The molecule has 0 aliphatic heterocycles. The quantitative estimate of drug-likeness (QED) is 0.254. The first-order valence-corrected chi connectivity index (χ1v) is 12.5. The van der Waals surface area contributed by atoms with Gasteiger partial charge in [0.25, 0.3) is 0 Å². The zero-order chi connectivity index (χ0) is 23.9. The van der Waals surface area contributed by atoms with Crippen molar-refractivity contribution in [1.29, 1.82) is 0 Å². The Balaban J connectivity index is 0.00000342. The molecule has 0 saturated carbocycles. The number of rotatable bonds is 10. The van der Waals surface area contributed by atoms with Crippen molar-refractivity contribution >= 4 is 45.0 Å². The van der Waals surface area contributed by atoms with Crippen LogP contribution in [0.4, 0.5) is 5.13 Å². The third-order valence-electron chi connectivity index (χ3n) is 6.13. The summed E-state index contributed by atoms with van der Waals surface area (Å²) in [4.78, 5) is 23.3. The molecule has 0 spiro atoms. The topological polar surface area (TPSA) is 45.7 Å². The van der Waals surface area contributed by atoms with Crippen LogP contribution >= 0.6 is 23.7 Å². The molecule has 0 aliphatic rings. The van der Waals surface area contributed by atoms with Crippen LogP contribution < -0.4 is 9.64 Å². The lowest BCUT2D eigenvalue weighted by Crippen LogP contribution is -2.41. The van der Waals surface area contributed by atoms with Crippen LogP contribution in [0.1, 0.15) is 30.9 Å². The Morgan fingerprint density at radius 1 is 0.914 bits per heavy atom. The van der Waals surface area contributed by atoms with Gasteiger partial charge in [0.15, 0.2) is 5.13 Å². The molecule has 1 heterocycles. The molecule has 4 aromatic rings. The van der Waals surface area contributed by atoms with Crippen molar-refractivity contribution in [1.82, 2.24) is 9.88 Å². The fraction of sp³-hybridized carbons (Fsp3) is 0.286. The third kappa shape index (κ3) is 6.20. The largest absolute Gasteiger partial charge is 0.497 e. The minimum absolute atomic E-state index is 0. The minimum atomic E-state index is -0.402. The number of hydrogen-bond acceptors (Lipinski definition) is 5. The molecule has 1 amide bonds. The van der Waals surface area contributed by atoms with Gasteiger partial charge in [-0.2, -0.15) is 0 Å². The maximum atomic E-state index is 14.3. The number of benzene rings is 3. The maximum Gasteiger partial charge on any atom is 0.240 e. The number of carbonyl (C=O) groups excluding carboxylic acids is 1. The zero-order valence-electron chi connectivity index (χ0n) is 20.4. The van der Waals surface area contributed by atoms with Crippen molar-refractivity contribution in [3.05, 3.63) is 90.0 Å². The number of anilines is 1. The number of aromatic nitrogens is 1. The Morgan fingerprint density at radius 3 is 2.06 bits per heavy atom. The van der Waals surface area contributed by atoms with Gasteiger partial charge in [-0.25, -0.2) is 4.98 Å². The van der Waals surface area contributed by atoms with E-state index in [1.165, 1.54) is 11.3 Å². The molecule has 0 aliphatic carbocycles. The number of hydrogen-bond donors (Lipinski definition) is 0. The lowest BCUT2D eigenvalue weighted by molar-refractivity contribution is -0.119. The number of ether oxygens (including phenoxy) is 1. The van der Waals surface area contributed by atoms with Gasteiger partial charge in [0, 0.05) is 13.1 Å². The monoisotopic (exact) mass is 509 g/mol. The van der Waals surface area contributed by atoms with Crippen LogP contribution in [-0.2, 0) is 4.79 Å². The van der Waals surface area contributed by atoms with Crippen LogP contribution in [0.5, 0.6) is 5.75 Å². The highest BCUT2D eigenvalue weighted by Crippen LogP contribution is 2.34. The van der Waals surface area contributed by atoms with Crippen LogP contribution in [0.25, 0.3) is 10.2 Å². The second-order valence-electron chi connectivity index (χ2n) is 8.10. The fourth-order valence-electron chi connectivity index (χ4n) is 4.14. The van der Waals surface area contributed by atoms with E-state index in [2.05, 4.69) is 18.7 Å². The third-order valence-corrected chi connectivity index (χ3v) is 7.17. The lowest BCUT2D eigenvalue weighted by atomic mass is 9.90. The molecule has 5 nitrogen and oxygen atoms in total. The molecular weight excluding hydrogens is 478 g/mol. The second kappa shape index (κ2) is 12.7. The van der Waals surface area contributed by atoms with E-state index in [9.17, 15) is 4.79 Å². The predicted molar refractivity (Wildman–Crippen MR) is 148 cm³/mol. The van der Waals surface area contributed by atoms with Gasteiger partial charge in [0.05, 0.1) is 23.2 Å². The highest BCUT2D eigenvalue weighted by Gasteiger charge is 2.30. The second-order valence-corrected chi connectivity index (χ2v) is 9.11. The Labute approximate surface area is 217 Å². The number of amides is 1. The summed E-state index contributed by atoms with van der Waals surface area (Å²) in [6.07, 6.45) is 0. The molecule has 4 rings (SSSR count). The SMILES string of the molecule is CCN(CC)CCN(C(=O)C(c1ccccc1)c1ccccc1)c1nc2ccc(OC)cc2s1.Cl. The van der Waals surface area contributed by atoms with E-state index in [0.717, 1.165) is 51.9 Å². The molecule has 0 bridgehead atoms. The maximum absolute atomic E-state index is 14.3. The molecule has 7 heteroatoms. The molecule has 0 saturated heterocycles. The molecule has 35 heavy (non-hydrogen) atoms. The van der Waals surface area contributed by atoms with Crippen LogP contribution in [0.3, 0.4) is 0 Å². The number of halogens is 1. The minimum Gasteiger partial charge on any atom is -0.497 e. The Morgan fingerprint density at radius 2 is 1.51 bits per heavy atom. The van der Waals surface area contributed by atoms with Crippen molar-refractivity contribution in [3.8, 4) is 5.75 Å². The van der Waals surface area contributed by atoms with Crippen molar-refractivity contribution < 1.29 is 9.53 Å². The molecule has 0 atom stereocenters. The number of fused-ring (bicyclic) bond motifs is 1. The van der Waals surface area contributed by atoms with Gasteiger partial charge in [-0.3, -0.25) is 9.69 Å². The molecule has 3 aromatic carbocycles. The fourth-order valence-corrected chi connectivity index (χ4v) is 5.17. The molecule has 0 N–H and O–H groups in total. The van der Waals surface area contributed by atoms with Crippen LogP contribution in [-0.4, -0.2) is 49.1 Å². The number of likely N-dealkylation sites (N-methyl/N-ethyl adjacent to an activating group) is 1. The number of methoxy groups -OCH3 is 1. The first-order valence-electron chi connectivity index (χ1n) is 11.7. The van der Waals surface area contributed by atoms with E-state index in [4.69, 9.17) is 9.72 Å². The summed E-state index contributed by atoms with van der Waals surface area (Å²) in [7, 11) is 1.66. The summed E-state index contributed by atoms with van der Waals surface area (Å²) in [5.74, 6) is 0.423. The average Bonchev–Trinajstić information content (AvgIpc) is 3.31. The molecular formula is C28H32ClN3O2S. The summed E-state index contributed by atoms with van der Waals surface area (Å²) in [5, 5.41) is 0.720. The first kappa shape index (κ1) is 26.7. The number of nitrogens with zero attached hydrogens (tertiary/aromatic N) is 3. The summed E-state index contributed by atoms with van der Waals surface area (Å²) in [6.45, 7) is 7.54. The van der Waals surface area contributed by atoms with Gasteiger partial charge in [-0.15, -0.1) is 12.4 Å². The van der Waals surface area contributed by atoms with E-state index in [0.29, 0.717) is 6.54 Å². The van der Waals surface area contributed by atoms with E-state index < -0.39 is 5.92 Å². The Kier molecular flexibility index (Phi) is 9.66. The molecule has 184 valence electrons. The van der Waals surface area contributed by atoms with Gasteiger partial charge >= 0.3 is 0 Å². The van der Waals surface area contributed by atoms with Crippen molar-refractivity contribution in [3.63, 3.8) is 0 Å². The first-order chi connectivity index (χ1) is 16.6. The van der Waals surface area contributed by atoms with Gasteiger partial charge in [0.1, 0.15) is 5.75 Å². The highest BCUT2D eigenvalue weighted by atomic mass is 35.5. The van der Waals surface area contributed by atoms with Gasteiger partial charge < -0.3 is 9.64 Å². The van der Waals surface area contributed by atoms with E-state index in [1.807, 2.05) is 83.8 Å². The van der Waals surface area contributed by atoms with Gasteiger partial charge in [0.2, 0.25) is 5.91 Å². The Bertz CT molecular complexity index is 1170.